The minimum Gasteiger partial charge on any atom is -0.325 e. The van der Waals surface area contributed by atoms with Gasteiger partial charge in [0, 0.05) is 29.5 Å². The van der Waals surface area contributed by atoms with Crippen molar-refractivity contribution in [1.82, 2.24) is 19.4 Å². The first kappa shape index (κ1) is 20.6. The van der Waals surface area contributed by atoms with E-state index in [1.54, 1.807) is 17.3 Å². The van der Waals surface area contributed by atoms with Gasteiger partial charge in [-0.3, -0.25) is 9.59 Å². The number of aromatic nitrogens is 3. The number of carbonyl (C=O) groups excluding carboxylic acids is 2. The van der Waals surface area contributed by atoms with E-state index in [0.29, 0.717) is 24.3 Å². The van der Waals surface area contributed by atoms with E-state index < -0.39 is 6.04 Å². The molecule has 1 saturated heterocycles. The van der Waals surface area contributed by atoms with Gasteiger partial charge < -0.3 is 14.8 Å². The number of fused-ring (bicyclic) bond motifs is 1. The number of benzene rings is 2. The normalized spacial score (nSPS) is 18.4. The van der Waals surface area contributed by atoms with Gasteiger partial charge in [0.1, 0.15) is 11.7 Å². The molecule has 7 heteroatoms. The third-order valence-electron chi connectivity index (χ3n) is 6.99. The van der Waals surface area contributed by atoms with Crippen molar-refractivity contribution in [1.29, 1.82) is 0 Å². The van der Waals surface area contributed by atoms with Crippen molar-refractivity contribution in [3.8, 4) is 5.69 Å². The van der Waals surface area contributed by atoms with Crippen molar-refractivity contribution in [3.63, 3.8) is 0 Å². The minimum atomic E-state index is -0.501. The zero-order valence-electron chi connectivity index (χ0n) is 18.9. The van der Waals surface area contributed by atoms with Gasteiger partial charge in [0.2, 0.25) is 5.91 Å². The number of nitrogens with one attached hydrogen (secondary N) is 1. The summed E-state index contributed by atoms with van der Waals surface area (Å²) >= 11 is 0. The maximum atomic E-state index is 13.5. The summed E-state index contributed by atoms with van der Waals surface area (Å²) in [5, 5.41) is 4.01. The van der Waals surface area contributed by atoms with E-state index in [0.717, 1.165) is 35.1 Å². The van der Waals surface area contributed by atoms with Gasteiger partial charge in [-0.25, -0.2) is 9.97 Å². The number of rotatable bonds is 4. The summed E-state index contributed by atoms with van der Waals surface area (Å²) in [6.07, 6.45) is 6.53. The Hall–Kier alpha value is -4.00. The van der Waals surface area contributed by atoms with Crippen molar-refractivity contribution in [2.45, 2.75) is 32.2 Å². The van der Waals surface area contributed by atoms with Crippen LogP contribution in [0, 0.1) is 12.3 Å². The van der Waals surface area contributed by atoms with Gasteiger partial charge in [-0.1, -0.05) is 24.3 Å². The topological polar surface area (TPSA) is 80.1 Å². The first-order valence-electron chi connectivity index (χ1n) is 11.6. The molecule has 0 bridgehead atoms. The Kier molecular flexibility index (Phi) is 4.72. The SMILES string of the molecule is Cc1cn(-c2ccc(NC(=O)[C@H]3CC4(CC4)CN3C(=O)c3ccc4ccccc4n3)cc2)cn1. The zero-order valence-corrected chi connectivity index (χ0v) is 18.9. The average Bonchev–Trinajstić information content (AvgIpc) is 3.29. The van der Waals surface area contributed by atoms with Gasteiger partial charge in [-0.05, 0) is 68.0 Å². The van der Waals surface area contributed by atoms with Gasteiger partial charge in [0.25, 0.3) is 5.91 Å². The van der Waals surface area contributed by atoms with E-state index in [2.05, 4.69) is 15.3 Å². The zero-order chi connectivity index (χ0) is 23.3. The van der Waals surface area contributed by atoms with Crippen LogP contribution in [0.5, 0.6) is 0 Å². The van der Waals surface area contributed by atoms with E-state index in [-0.39, 0.29) is 17.2 Å². The Morgan fingerprint density at radius 1 is 1.03 bits per heavy atom. The van der Waals surface area contributed by atoms with E-state index in [4.69, 9.17) is 0 Å². The molecular formula is C27H25N5O2. The van der Waals surface area contributed by atoms with E-state index in [1.165, 1.54) is 0 Å². The highest BCUT2D eigenvalue weighted by atomic mass is 16.2. The first-order valence-corrected chi connectivity index (χ1v) is 11.6. The Morgan fingerprint density at radius 3 is 2.56 bits per heavy atom. The Labute approximate surface area is 197 Å². The molecule has 2 aromatic heterocycles. The number of hydrogen-bond acceptors (Lipinski definition) is 4. The number of nitrogens with zero attached hydrogens (tertiary/aromatic N) is 4. The number of hydrogen-bond donors (Lipinski definition) is 1. The number of anilines is 1. The fourth-order valence-electron chi connectivity index (χ4n) is 4.88. The molecule has 1 aliphatic carbocycles. The van der Waals surface area contributed by atoms with Gasteiger partial charge in [0.15, 0.2) is 0 Å². The van der Waals surface area contributed by atoms with Gasteiger partial charge >= 0.3 is 0 Å². The number of imidazole rings is 1. The van der Waals surface area contributed by atoms with E-state index in [9.17, 15) is 9.59 Å². The molecule has 1 saturated carbocycles. The van der Waals surface area contributed by atoms with Gasteiger partial charge in [-0.15, -0.1) is 0 Å². The number of amides is 2. The van der Waals surface area contributed by atoms with Crippen molar-refractivity contribution in [3.05, 3.63) is 84.6 Å². The van der Waals surface area contributed by atoms with Crippen LogP contribution in [0.15, 0.2) is 73.2 Å². The largest absolute Gasteiger partial charge is 0.325 e. The second-order valence-corrected chi connectivity index (χ2v) is 9.50. The van der Waals surface area contributed by atoms with Crippen LogP contribution >= 0.6 is 0 Å². The quantitative estimate of drug-likeness (QED) is 0.500. The molecule has 1 spiro atoms. The van der Waals surface area contributed by atoms with Crippen molar-refractivity contribution in [2.75, 3.05) is 11.9 Å². The van der Waals surface area contributed by atoms with Crippen molar-refractivity contribution < 1.29 is 9.59 Å². The Morgan fingerprint density at radius 2 is 1.82 bits per heavy atom. The number of para-hydroxylation sites is 1. The Bertz CT molecular complexity index is 1400. The third-order valence-corrected chi connectivity index (χ3v) is 6.99. The lowest BCUT2D eigenvalue weighted by Crippen LogP contribution is -2.43. The fraction of sp³-hybridized carbons (Fsp3) is 0.259. The second kappa shape index (κ2) is 7.80. The van der Waals surface area contributed by atoms with Gasteiger partial charge in [0.05, 0.1) is 17.5 Å². The fourth-order valence-corrected chi connectivity index (χ4v) is 4.88. The van der Waals surface area contributed by atoms with Crippen LogP contribution < -0.4 is 5.32 Å². The molecule has 2 aromatic carbocycles. The van der Waals surface area contributed by atoms with Crippen LogP contribution in [0.1, 0.15) is 35.4 Å². The molecule has 2 aliphatic rings. The predicted molar refractivity (Wildman–Crippen MR) is 130 cm³/mol. The molecule has 4 aromatic rings. The second-order valence-electron chi connectivity index (χ2n) is 9.50. The maximum absolute atomic E-state index is 13.5. The lowest BCUT2D eigenvalue weighted by Gasteiger charge is -2.24. The summed E-state index contributed by atoms with van der Waals surface area (Å²) < 4.78 is 1.94. The summed E-state index contributed by atoms with van der Waals surface area (Å²) in [5.74, 6) is -0.329. The minimum absolute atomic E-state index is 0.0810. The van der Waals surface area contributed by atoms with E-state index in [1.807, 2.05) is 72.3 Å². The van der Waals surface area contributed by atoms with Crippen molar-refractivity contribution in [2.24, 2.45) is 5.41 Å². The van der Waals surface area contributed by atoms with Crippen LogP contribution in [-0.4, -0.2) is 43.8 Å². The smallest absolute Gasteiger partial charge is 0.273 e. The molecule has 6 rings (SSSR count). The standard InChI is InChI=1S/C27H25N5O2/c1-18-15-31(17-28-18)21-9-7-20(8-10-21)29-25(33)24-14-27(12-13-27)16-32(24)26(34)23-11-6-19-4-2-3-5-22(19)30-23/h2-11,15,17,24H,12-14,16H2,1H3,(H,29,33)/t24-/m1/s1. The molecular weight excluding hydrogens is 426 g/mol. The highest BCUT2D eigenvalue weighted by molar-refractivity contribution is 6.02. The number of aryl methyl sites for hydroxylation is 1. The van der Waals surface area contributed by atoms with E-state index >= 15 is 0 Å². The molecule has 3 heterocycles. The molecule has 170 valence electrons. The number of likely N-dealkylation sites (tertiary alicyclic amines) is 1. The average molecular weight is 452 g/mol. The third kappa shape index (κ3) is 3.73. The highest BCUT2D eigenvalue weighted by Crippen LogP contribution is 2.55. The summed E-state index contributed by atoms with van der Waals surface area (Å²) in [5.41, 5.74) is 3.86. The first-order chi connectivity index (χ1) is 16.5. The highest BCUT2D eigenvalue weighted by Gasteiger charge is 2.55. The monoisotopic (exact) mass is 451 g/mol. The number of carbonyl (C=O) groups is 2. The molecule has 7 nitrogen and oxygen atoms in total. The Balaban J connectivity index is 1.21. The maximum Gasteiger partial charge on any atom is 0.273 e. The molecule has 0 unspecified atom stereocenters. The van der Waals surface area contributed by atoms with Crippen LogP contribution in [-0.2, 0) is 4.79 Å². The van der Waals surface area contributed by atoms with Crippen LogP contribution in [0.4, 0.5) is 5.69 Å². The van der Waals surface area contributed by atoms with Crippen LogP contribution in [0.3, 0.4) is 0 Å². The molecule has 34 heavy (non-hydrogen) atoms. The summed E-state index contributed by atoms with van der Waals surface area (Å²) in [4.78, 5) is 37.3. The molecule has 1 aliphatic heterocycles. The molecule has 2 amide bonds. The summed E-state index contributed by atoms with van der Waals surface area (Å²) in [6, 6.07) is 18.5. The summed E-state index contributed by atoms with van der Waals surface area (Å²) in [7, 11) is 0. The van der Waals surface area contributed by atoms with Gasteiger partial charge in [-0.2, -0.15) is 0 Å². The predicted octanol–water partition coefficient (Wildman–Crippen LogP) is 4.36. The molecule has 1 N–H and O–H groups in total. The van der Waals surface area contributed by atoms with Crippen LogP contribution in [0.2, 0.25) is 0 Å². The lowest BCUT2D eigenvalue weighted by molar-refractivity contribution is -0.119. The van der Waals surface area contributed by atoms with Crippen LogP contribution in [0.25, 0.3) is 16.6 Å². The molecule has 2 fully saturated rings. The lowest BCUT2D eigenvalue weighted by atomic mass is 10.0. The molecule has 1 atom stereocenters. The number of pyridine rings is 1. The molecule has 0 radical (unpaired) electrons. The van der Waals surface area contributed by atoms with Crippen molar-refractivity contribution >= 4 is 28.4 Å². The summed E-state index contributed by atoms with van der Waals surface area (Å²) in [6.45, 7) is 2.55.